The number of hydrogen-bond acceptors (Lipinski definition) is 3. The maximum atomic E-state index is 11.8. The van der Waals surface area contributed by atoms with E-state index >= 15 is 0 Å². The number of amides is 1. The average molecular weight is 240 g/mol. The lowest BCUT2D eigenvalue weighted by molar-refractivity contribution is -0.0354. The molecule has 4 nitrogen and oxygen atoms in total. The Morgan fingerprint density at radius 3 is 2.65 bits per heavy atom. The van der Waals surface area contributed by atoms with Crippen molar-refractivity contribution < 1.29 is 9.53 Å². The fraction of sp³-hybridized carbons (Fsp3) is 0.923. The lowest BCUT2D eigenvalue weighted by Crippen LogP contribution is -2.62. The Morgan fingerprint density at radius 2 is 2.00 bits per heavy atom. The lowest BCUT2D eigenvalue weighted by atomic mass is 9.76. The highest BCUT2D eigenvalue weighted by Gasteiger charge is 2.46. The second-order valence-electron chi connectivity index (χ2n) is 6.47. The second-order valence-corrected chi connectivity index (χ2v) is 6.47. The van der Waals surface area contributed by atoms with E-state index in [1.165, 1.54) is 19.3 Å². The van der Waals surface area contributed by atoms with Crippen molar-refractivity contribution in [3.63, 3.8) is 0 Å². The fourth-order valence-corrected chi connectivity index (χ4v) is 2.68. The topological polar surface area (TPSA) is 41.6 Å². The Bertz CT molecular complexity index is 280. The molecule has 0 aliphatic carbocycles. The number of ether oxygens (including phenoxy) is 1. The van der Waals surface area contributed by atoms with Crippen LogP contribution in [0.4, 0.5) is 4.79 Å². The second kappa shape index (κ2) is 4.48. The van der Waals surface area contributed by atoms with Crippen molar-refractivity contribution >= 4 is 6.09 Å². The van der Waals surface area contributed by atoms with Gasteiger partial charge in [0, 0.05) is 25.0 Å². The molecule has 98 valence electrons. The molecule has 2 saturated heterocycles. The van der Waals surface area contributed by atoms with Gasteiger partial charge in [-0.05, 0) is 40.2 Å². The van der Waals surface area contributed by atoms with Gasteiger partial charge in [-0.15, -0.1) is 0 Å². The predicted molar refractivity (Wildman–Crippen MR) is 67.0 cm³/mol. The minimum Gasteiger partial charge on any atom is -0.444 e. The first-order chi connectivity index (χ1) is 7.90. The van der Waals surface area contributed by atoms with Crippen LogP contribution in [0.1, 0.15) is 40.0 Å². The maximum Gasteiger partial charge on any atom is 0.410 e. The molecule has 1 amide bonds. The monoisotopic (exact) mass is 240 g/mol. The highest BCUT2D eigenvalue weighted by Crippen LogP contribution is 2.36. The van der Waals surface area contributed by atoms with Gasteiger partial charge in [-0.25, -0.2) is 4.79 Å². The molecule has 2 fully saturated rings. The number of rotatable bonds is 0. The zero-order valence-corrected chi connectivity index (χ0v) is 11.2. The van der Waals surface area contributed by atoms with Crippen LogP contribution in [-0.4, -0.2) is 42.8 Å². The van der Waals surface area contributed by atoms with E-state index in [-0.39, 0.29) is 11.7 Å². The molecule has 4 heteroatoms. The van der Waals surface area contributed by atoms with Crippen molar-refractivity contribution in [1.82, 2.24) is 10.2 Å². The van der Waals surface area contributed by atoms with Gasteiger partial charge in [0.05, 0.1) is 0 Å². The molecule has 0 aromatic rings. The first-order valence-corrected chi connectivity index (χ1v) is 6.59. The number of carbonyl (C=O) groups is 1. The molecule has 0 aromatic heterocycles. The van der Waals surface area contributed by atoms with E-state index in [1.54, 1.807) is 0 Å². The molecule has 2 aliphatic heterocycles. The first kappa shape index (κ1) is 12.7. The lowest BCUT2D eigenvalue weighted by Gasteiger charge is -2.49. The number of likely N-dealkylation sites (tertiary alicyclic amines) is 1. The van der Waals surface area contributed by atoms with E-state index in [4.69, 9.17) is 4.74 Å². The van der Waals surface area contributed by atoms with E-state index < -0.39 is 0 Å². The Labute approximate surface area is 104 Å². The van der Waals surface area contributed by atoms with E-state index in [0.29, 0.717) is 5.41 Å². The summed E-state index contributed by atoms with van der Waals surface area (Å²) in [5.74, 6) is 0. The highest BCUT2D eigenvalue weighted by atomic mass is 16.6. The van der Waals surface area contributed by atoms with Gasteiger partial charge in [-0.2, -0.15) is 0 Å². The van der Waals surface area contributed by atoms with Gasteiger partial charge in [0.25, 0.3) is 0 Å². The quantitative estimate of drug-likeness (QED) is 0.704. The minimum absolute atomic E-state index is 0.160. The van der Waals surface area contributed by atoms with Crippen LogP contribution in [0.3, 0.4) is 0 Å². The predicted octanol–water partition coefficient (Wildman–Crippen LogP) is 2.00. The third kappa shape index (κ3) is 3.12. The van der Waals surface area contributed by atoms with Crippen LogP contribution in [0.25, 0.3) is 0 Å². The van der Waals surface area contributed by atoms with Crippen LogP contribution in [0.2, 0.25) is 0 Å². The van der Waals surface area contributed by atoms with Crippen LogP contribution < -0.4 is 5.32 Å². The minimum atomic E-state index is -0.387. The molecule has 2 rings (SSSR count). The van der Waals surface area contributed by atoms with Gasteiger partial charge >= 0.3 is 6.09 Å². The summed E-state index contributed by atoms with van der Waals surface area (Å²) in [5.41, 5.74) is -0.0606. The summed E-state index contributed by atoms with van der Waals surface area (Å²) in [4.78, 5) is 13.7. The molecule has 0 bridgehead atoms. The number of hydrogen-bond donors (Lipinski definition) is 1. The molecule has 2 heterocycles. The van der Waals surface area contributed by atoms with Crippen LogP contribution in [0.15, 0.2) is 0 Å². The van der Waals surface area contributed by atoms with E-state index in [0.717, 1.165) is 26.2 Å². The largest absolute Gasteiger partial charge is 0.444 e. The molecular weight excluding hydrogens is 216 g/mol. The Kier molecular flexibility index (Phi) is 3.34. The highest BCUT2D eigenvalue weighted by molar-refractivity contribution is 5.69. The van der Waals surface area contributed by atoms with Gasteiger partial charge < -0.3 is 15.0 Å². The van der Waals surface area contributed by atoms with Crippen molar-refractivity contribution in [3.05, 3.63) is 0 Å². The van der Waals surface area contributed by atoms with Gasteiger partial charge in [0.15, 0.2) is 0 Å². The van der Waals surface area contributed by atoms with E-state index in [9.17, 15) is 4.79 Å². The van der Waals surface area contributed by atoms with Crippen LogP contribution in [-0.2, 0) is 4.74 Å². The summed E-state index contributed by atoms with van der Waals surface area (Å²) in [6.45, 7) is 9.61. The van der Waals surface area contributed by atoms with Crippen molar-refractivity contribution in [1.29, 1.82) is 0 Å². The summed E-state index contributed by atoms with van der Waals surface area (Å²) in [5, 5.41) is 3.47. The summed E-state index contributed by atoms with van der Waals surface area (Å²) < 4.78 is 5.37. The smallest absolute Gasteiger partial charge is 0.410 e. The van der Waals surface area contributed by atoms with Gasteiger partial charge in [0.1, 0.15) is 5.60 Å². The number of nitrogens with one attached hydrogen (secondary N) is 1. The van der Waals surface area contributed by atoms with Gasteiger partial charge in [0.2, 0.25) is 0 Å². The SMILES string of the molecule is CC(C)(C)OC(=O)N1CC2(CCCCNC2)C1. The molecular formula is C13H24N2O2. The molecule has 2 aliphatic rings. The van der Waals surface area contributed by atoms with Gasteiger partial charge in [-0.1, -0.05) is 6.42 Å². The molecule has 0 unspecified atom stereocenters. The van der Waals surface area contributed by atoms with Crippen LogP contribution >= 0.6 is 0 Å². The Hall–Kier alpha value is -0.770. The summed E-state index contributed by atoms with van der Waals surface area (Å²) in [6.07, 6.45) is 3.61. The zero-order chi connectivity index (χ0) is 12.5. The standard InChI is InChI=1S/C13H24N2O2/c1-12(2,3)17-11(16)15-9-13(10-15)6-4-5-7-14-8-13/h14H,4-10H2,1-3H3. The zero-order valence-electron chi connectivity index (χ0n) is 11.2. The summed E-state index contributed by atoms with van der Waals surface area (Å²) >= 11 is 0. The summed E-state index contributed by atoms with van der Waals surface area (Å²) in [6, 6.07) is 0. The van der Waals surface area contributed by atoms with E-state index in [2.05, 4.69) is 5.32 Å². The van der Waals surface area contributed by atoms with E-state index in [1.807, 2.05) is 25.7 Å². The average Bonchev–Trinajstić information content (AvgIpc) is 2.36. The Morgan fingerprint density at radius 1 is 1.29 bits per heavy atom. The maximum absolute atomic E-state index is 11.8. The molecule has 0 saturated carbocycles. The van der Waals surface area contributed by atoms with Crippen molar-refractivity contribution in [2.45, 2.75) is 45.6 Å². The van der Waals surface area contributed by atoms with Crippen molar-refractivity contribution in [3.8, 4) is 0 Å². The number of carbonyl (C=O) groups excluding carboxylic acids is 1. The van der Waals surface area contributed by atoms with Crippen LogP contribution in [0, 0.1) is 5.41 Å². The van der Waals surface area contributed by atoms with Crippen LogP contribution in [0.5, 0.6) is 0 Å². The molecule has 17 heavy (non-hydrogen) atoms. The molecule has 1 N–H and O–H groups in total. The van der Waals surface area contributed by atoms with Crippen molar-refractivity contribution in [2.24, 2.45) is 5.41 Å². The summed E-state index contributed by atoms with van der Waals surface area (Å²) in [7, 11) is 0. The molecule has 0 radical (unpaired) electrons. The fourth-order valence-electron chi connectivity index (χ4n) is 2.68. The third-order valence-corrected chi connectivity index (χ3v) is 3.51. The molecule has 0 aromatic carbocycles. The Balaban J connectivity index is 1.83. The number of nitrogens with zero attached hydrogens (tertiary/aromatic N) is 1. The third-order valence-electron chi connectivity index (χ3n) is 3.51. The first-order valence-electron chi connectivity index (χ1n) is 6.59. The molecule has 1 spiro atoms. The normalized spacial score (nSPS) is 24.1. The van der Waals surface area contributed by atoms with Crippen molar-refractivity contribution in [2.75, 3.05) is 26.2 Å². The van der Waals surface area contributed by atoms with Gasteiger partial charge in [-0.3, -0.25) is 0 Å². The molecule has 0 atom stereocenters.